The molecule has 0 amide bonds. The molecule has 2 heteroatoms. The Morgan fingerprint density at radius 1 is 0.926 bits per heavy atom. The van der Waals surface area contributed by atoms with Crippen molar-refractivity contribution >= 4 is 11.9 Å². The summed E-state index contributed by atoms with van der Waals surface area (Å²) in [4.78, 5) is 12.9. The van der Waals surface area contributed by atoms with Crippen molar-refractivity contribution in [3.63, 3.8) is 0 Å². The van der Waals surface area contributed by atoms with Crippen LogP contribution in [0.4, 0.5) is 0 Å². The van der Waals surface area contributed by atoms with E-state index in [0.717, 1.165) is 33.4 Å². The number of ketones is 1. The number of phenolic OH excluding ortho intramolecular Hbond substituents is 1. The topological polar surface area (TPSA) is 37.3 Å². The van der Waals surface area contributed by atoms with Gasteiger partial charge in [0.15, 0.2) is 5.78 Å². The smallest absolute Gasteiger partial charge is 0.189 e. The van der Waals surface area contributed by atoms with Gasteiger partial charge in [0, 0.05) is 28.2 Å². The highest BCUT2D eigenvalue weighted by Gasteiger charge is 2.32. The van der Waals surface area contributed by atoms with Gasteiger partial charge in [-0.3, -0.25) is 4.79 Å². The van der Waals surface area contributed by atoms with E-state index in [2.05, 4.69) is 48.5 Å². The van der Waals surface area contributed by atoms with E-state index in [4.69, 9.17) is 0 Å². The van der Waals surface area contributed by atoms with Gasteiger partial charge in [0.25, 0.3) is 0 Å². The number of phenols is 1. The Kier molecular flexibility index (Phi) is 4.58. The molecule has 142 valence electrons. The summed E-state index contributed by atoms with van der Waals surface area (Å²) in [5, 5.41) is 10.9. The number of allylic oxidation sites excluding steroid dienone is 1. The summed E-state index contributed by atoms with van der Waals surface area (Å²) in [6.45, 7) is 14.7. The van der Waals surface area contributed by atoms with Gasteiger partial charge < -0.3 is 5.11 Å². The number of carbonyl (C=O) groups excluding carboxylic acids is 1. The van der Waals surface area contributed by atoms with Crippen molar-refractivity contribution in [1.29, 1.82) is 0 Å². The maximum atomic E-state index is 12.9. The van der Waals surface area contributed by atoms with Crippen molar-refractivity contribution in [3.05, 3.63) is 69.8 Å². The summed E-state index contributed by atoms with van der Waals surface area (Å²) in [7, 11) is 0. The van der Waals surface area contributed by atoms with E-state index in [1.165, 1.54) is 0 Å². The van der Waals surface area contributed by atoms with Crippen molar-refractivity contribution in [3.8, 4) is 5.75 Å². The van der Waals surface area contributed by atoms with E-state index >= 15 is 0 Å². The van der Waals surface area contributed by atoms with Gasteiger partial charge in [0.2, 0.25) is 0 Å². The van der Waals surface area contributed by atoms with Gasteiger partial charge in [-0.05, 0) is 40.2 Å². The maximum Gasteiger partial charge on any atom is 0.189 e. The number of rotatable bonds is 1. The van der Waals surface area contributed by atoms with Gasteiger partial charge in [-0.2, -0.15) is 0 Å². The minimum Gasteiger partial charge on any atom is -0.507 e. The van der Waals surface area contributed by atoms with Crippen LogP contribution in [0.25, 0.3) is 6.08 Å². The molecule has 0 aromatic heterocycles. The third-order valence-electron chi connectivity index (χ3n) is 5.47. The second-order valence-electron chi connectivity index (χ2n) is 9.70. The number of hydrogen-bond acceptors (Lipinski definition) is 2. The standard InChI is InChI=1S/C25H30O2/c1-15-17-10-8-9-11-18(17)22(26)19(15)12-16-13-20(24(2,3)4)23(27)21(14-16)25(5,6)7/h8-15,27H,1-7H3. The zero-order valence-electron chi connectivity index (χ0n) is 17.5. The normalized spacial score (nSPS) is 18.9. The Balaban J connectivity index is 2.19. The molecule has 2 nitrogen and oxygen atoms in total. The fourth-order valence-electron chi connectivity index (χ4n) is 3.85. The van der Waals surface area contributed by atoms with Crippen LogP contribution in [0, 0.1) is 0 Å². The molecule has 0 spiro atoms. The Morgan fingerprint density at radius 3 is 1.93 bits per heavy atom. The lowest BCUT2D eigenvalue weighted by Crippen LogP contribution is -2.17. The molecule has 0 aliphatic heterocycles. The fraction of sp³-hybridized carbons (Fsp3) is 0.400. The summed E-state index contributed by atoms with van der Waals surface area (Å²) < 4.78 is 0. The summed E-state index contributed by atoms with van der Waals surface area (Å²) in [5.74, 6) is 0.561. The SMILES string of the molecule is CC1C(=Cc2cc(C(C)(C)C)c(O)c(C(C)(C)C)c2)C(=O)c2ccccc21. The molecule has 1 aliphatic rings. The van der Waals surface area contributed by atoms with E-state index in [1.54, 1.807) is 0 Å². The third kappa shape index (κ3) is 3.45. The highest BCUT2D eigenvalue weighted by Crippen LogP contribution is 2.42. The molecular formula is C25H30O2. The van der Waals surface area contributed by atoms with Crippen LogP contribution >= 0.6 is 0 Å². The van der Waals surface area contributed by atoms with Crippen LogP contribution in [0.5, 0.6) is 5.75 Å². The number of aromatic hydroxyl groups is 1. The van der Waals surface area contributed by atoms with Crippen LogP contribution in [-0.2, 0) is 10.8 Å². The minimum absolute atomic E-state index is 0.0821. The first-order valence-electron chi connectivity index (χ1n) is 9.64. The van der Waals surface area contributed by atoms with Crippen LogP contribution in [0.15, 0.2) is 42.0 Å². The quantitative estimate of drug-likeness (QED) is 0.598. The molecule has 1 aliphatic carbocycles. The first-order chi connectivity index (χ1) is 12.4. The van der Waals surface area contributed by atoms with Crippen LogP contribution in [0.2, 0.25) is 0 Å². The van der Waals surface area contributed by atoms with Gasteiger partial charge in [0.05, 0.1) is 0 Å². The molecule has 0 radical (unpaired) electrons. The number of Topliss-reactive ketones (excluding diaryl/α,β-unsaturated/α-hetero) is 1. The molecule has 0 fully saturated rings. The molecule has 3 rings (SSSR count). The van der Waals surface area contributed by atoms with Crippen LogP contribution < -0.4 is 0 Å². The maximum absolute atomic E-state index is 12.9. The molecule has 2 aromatic rings. The number of benzene rings is 2. The van der Waals surface area contributed by atoms with E-state index < -0.39 is 0 Å². The number of hydrogen-bond donors (Lipinski definition) is 1. The summed E-state index contributed by atoms with van der Waals surface area (Å²) in [5.41, 5.74) is 5.16. The lowest BCUT2D eigenvalue weighted by molar-refractivity contribution is 0.103. The monoisotopic (exact) mass is 362 g/mol. The highest BCUT2D eigenvalue weighted by molar-refractivity contribution is 6.16. The average Bonchev–Trinajstić information content (AvgIpc) is 2.79. The third-order valence-corrected chi connectivity index (χ3v) is 5.47. The summed E-state index contributed by atoms with van der Waals surface area (Å²) >= 11 is 0. The van der Waals surface area contributed by atoms with Gasteiger partial charge in [0.1, 0.15) is 5.75 Å². The van der Waals surface area contributed by atoms with Crippen molar-refractivity contribution in [1.82, 2.24) is 0 Å². The Labute approximate surface area is 162 Å². The lowest BCUT2D eigenvalue weighted by atomic mass is 9.78. The van der Waals surface area contributed by atoms with Crippen LogP contribution in [0.3, 0.4) is 0 Å². The molecule has 27 heavy (non-hydrogen) atoms. The second-order valence-corrected chi connectivity index (χ2v) is 9.70. The van der Waals surface area contributed by atoms with Gasteiger partial charge in [-0.1, -0.05) is 72.7 Å². The fourth-order valence-corrected chi connectivity index (χ4v) is 3.85. The first-order valence-corrected chi connectivity index (χ1v) is 9.64. The van der Waals surface area contributed by atoms with E-state index in [-0.39, 0.29) is 22.5 Å². The summed E-state index contributed by atoms with van der Waals surface area (Å²) in [6.07, 6.45) is 2.01. The molecule has 0 saturated carbocycles. The highest BCUT2D eigenvalue weighted by atomic mass is 16.3. The molecule has 0 saturated heterocycles. The van der Waals surface area contributed by atoms with Crippen molar-refractivity contribution in [2.24, 2.45) is 0 Å². The molecule has 2 aromatic carbocycles. The van der Waals surface area contributed by atoms with E-state index in [9.17, 15) is 9.90 Å². The molecular weight excluding hydrogens is 332 g/mol. The average molecular weight is 363 g/mol. The minimum atomic E-state index is -0.188. The molecule has 1 atom stereocenters. The zero-order chi connectivity index (χ0) is 20.1. The molecule has 1 unspecified atom stereocenters. The van der Waals surface area contributed by atoms with Gasteiger partial charge >= 0.3 is 0 Å². The lowest BCUT2D eigenvalue weighted by Gasteiger charge is -2.28. The van der Waals surface area contributed by atoms with Crippen molar-refractivity contribution < 1.29 is 9.90 Å². The van der Waals surface area contributed by atoms with E-state index in [0.29, 0.717) is 5.75 Å². The van der Waals surface area contributed by atoms with Crippen LogP contribution in [-0.4, -0.2) is 10.9 Å². The Bertz CT molecular complexity index is 899. The predicted octanol–water partition coefficient (Wildman–Crippen LogP) is 6.37. The van der Waals surface area contributed by atoms with Gasteiger partial charge in [-0.25, -0.2) is 0 Å². The molecule has 1 N–H and O–H groups in total. The molecule has 0 heterocycles. The predicted molar refractivity (Wildman–Crippen MR) is 113 cm³/mol. The van der Waals surface area contributed by atoms with Crippen molar-refractivity contribution in [2.45, 2.75) is 65.2 Å². The number of carbonyl (C=O) groups is 1. The van der Waals surface area contributed by atoms with E-state index in [1.807, 2.05) is 42.5 Å². The largest absolute Gasteiger partial charge is 0.507 e. The molecule has 0 bridgehead atoms. The second kappa shape index (κ2) is 6.37. The van der Waals surface area contributed by atoms with Gasteiger partial charge in [-0.15, -0.1) is 0 Å². The first kappa shape index (κ1) is 19.4. The number of fused-ring (bicyclic) bond motifs is 1. The van der Waals surface area contributed by atoms with Crippen molar-refractivity contribution in [2.75, 3.05) is 0 Å². The summed E-state index contributed by atoms with van der Waals surface area (Å²) in [6, 6.07) is 11.9. The Morgan fingerprint density at radius 2 is 1.44 bits per heavy atom. The zero-order valence-corrected chi connectivity index (χ0v) is 17.5. The Hall–Kier alpha value is -2.35. The van der Waals surface area contributed by atoms with Crippen LogP contribution in [0.1, 0.15) is 87.0 Å².